The highest BCUT2D eigenvalue weighted by Crippen LogP contribution is 2.52. The summed E-state index contributed by atoms with van der Waals surface area (Å²) >= 11 is 0. The Hall–Kier alpha value is -0.980. The topological polar surface area (TPSA) is 12.0 Å². The van der Waals surface area contributed by atoms with Crippen molar-refractivity contribution in [2.45, 2.75) is 40.5 Å². The van der Waals surface area contributed by atoms with Crippen LogP contribution < -0.4 is 5.32 Å². The van der Waals surface area contributed by atoms with E-state index in [2.05, 4.69) is 51.6 Å². The van der Waals surface area contributed by atoms with Gasteiger partial charge in [-0.05, 0) is 55.1 Å². The van der Waals surface area contributed by atoms with E-state index in [4.69, 9.17) is 0 Å². The van der Waals surface area contributed by atoms with Crippen molar-refractivity contribution in [1.82, 2.24) is 0 Å². The van der Waals surface area contributed by atoms with Crippen LogP contribution in [0.4, 0.5) is 5.69 Å². The van der Waals surface area contributed by atoms with E-state index in [-0.39, 0.29) is 0 Å². The maximum atomic E-state index is 3.62. The average molecular weight is 252 g/mol. The summed E-state index contributed by atoms with van der Waals surface area (Å²) in [6.45, 7) is 9.99. The lowest BCUT2D eigenvalue weighted by Gasteiger charge is -2.28. The molecule has 2 aliphatic rings. The molecule has 0 amide bonds. The number of nitrogens with one attached hydrogen (secondary N) is 1. The second-order valence-corrected chi connectivity index (χ2v) is 5.89. The highest BCUT2D eigenvalue weighted by Gasteiger charge is 2.40. The summed E-state index contributed by atoms with van der Waals surface area (Å²) < 4.78 is 0. The maximum Gasteiger partial charge on any atom is 0.0411 e. The second-order valence-electron chi connectivity index (χ2n) is 5.89. The number of hydrogen-bond donors (Lipinski definition) is 1. The van der Waals surface area contributed by atoms with Gasteiger partial charge in [-0.1, -0.05) is 38.5 Å². The molecule has 1 fully saturated rings. The van der Waals surface area contributed by atoms with Gasteiger partial charge in [0, 0.05) is 18.2 Å². The van der Waals surface area contributed by atoms with Gasteiger partial charge in [-0.15, -0.1) is 0 Å². The molecule has 1 heterocycles. The van der Waals surface area contributed by atoms with Crippen LogP contribution in [-0.2, 0) is 6.42 Å². The van der Waals surface area contributed by atoms with Gasteiger partial charge >= 0.3 is 0 Å². The fourth-order valence-electron chi connectivity index (χ4n) is 3.37. The minimum Gasteiger partial charge on any atom is -0.385 e. The summed E-state index contributed by atoms with van der Waals surface area (Å²) in [5, 5.41) is 3.62. The van der Waals surface area contributed by atoms with Crippen LogP contribution in [0.15, 0.2) is 12.1 Å². The van der Waals surface area contributed by atoms with Gasteiger partial charge in [0.05, 0.1) is 0 Å². The molecule has 1 saturated carbocycles. The van der Waals surface area contributed by atoms with E-state index >= 15 is 0 Å². The number of aryl methyl sites for hydroxylation is 2. The zero-order chi connectivity index (χ0) is 13.6. The van der Waals surface area contributed by atoms with Crippen molar-refractivity contribution < 1.29 is 0 Å². The first-order chi connectivity index (χ1) is 9.08. The molecule has 1 aliphatic heterocycles. The molecule has 0 saturated heterocycles. The second kappa shape index (κ2) is 4.85. The van der Waals surface area contributed by atoms with Gasteiger partial charge in [-0.25, -0.2) is 0 Å². The van der Waals surface area contributed by atoms with Crippen LogP contribution in [-0.4, -0.2) is 6.54 Å². The molecule has 1 aliphatic carbocycles. The van der Waals surface area contributed by atoms with Crippen LogP contribution >= 0.6 is 0 Å². The van der Waals surface area contributed by atoms with E-state index in [1.54, 1.807) is 0 Å². The number of fused-ring (bicyclic) bond motifs is 1. The van der Waals surface area contributed by atoms with Crippen LogP contribution in [0.2, 0.25) is 0 Å². The molecular weight excluding hydrogens is 230 g/mol. The van der Waals surface area contributed by atoms with E-state index in [1.165, 1.54) is 58.9 Å². The number of anilines is 1. The molecular formula is C18H22N. The Balaban J connectivity index is 2.07. The molecule has 5 radical (unpaired) electrons. The summed E-state index contributed by atoms with van der Waals surface area (Å²) in [7, 11) is 0. The van der Waals surface area contributed by atoms with Crippen molar-refractivity contribution in [2.75, 3.05) is 11.9 Å². The van der Waals surface area contributed by atoms with Crippen molar-refractivity contribution in [3.63, 3.8) is 0 Å². The van der Waals surface area contributed by atoms with Crippen LogP contribution in [0.3, 0.4) is 0 Å². The van der Waals surface area contributed by atoms with Gasteiger partial charge in [-0.3, -0.25) is 0 Å². The Morgan fingerprint density at radius 3 is 2.47 bits per heavy atom. The fraction of sp³-hybridized carbons (Fsp3) is 0.389. The first-order valence-corrected chi connectivity index (χ1v) is 7.19. The quantitative estimate of drug-likeness (QED) is 0.786. The highest BCUT2D eigenvalue weighted by atomic mass is 14.9. The third kappa shape index (κ3) is 2.17. The number of rotatable bonds is 1. The van der Waals surface area contributed by atoms with Crippen molar-refractivity contribution >= 4 is 5.69 Å². The Morgan fingerprint density at radius 1 is 1.00 bits per heavy atom. The zero-order valence-electron chi connectivity index (χ0n) is 12.4. The summed E-state index contributed by atoms with van der Waals surface area (Å²) in [5.41, 5.74) is 5.63. The van der Waals surface area contributed by atoms with E-state index in [0.717, 1.165) is 6.54 Å². The molecule has 99 valence electrons. The average Bonchev–Trinajstić information content (AvgIpc) is 2.62. The molecule has 1 nitrogen and oxygen atoms in total. The molecule has 3 rings (SSSR count). The van der Waals surface area contributed by atoms with Gasteiger partial charge in [0.15, 0.2) is 0 Å². The smallest absolute Gasteiger partial charge is 0.0411 e. The van der Waals surface area contributed by atoms with E-state index < -0.39 is 0 Å². The molecule has 1 N–H and O–H groups in total. The molecule has 1 aromatic carbocycles. The summed E-state index contributed by atoms with van der Waals surface area (Å²) in [6, 6.07) is 4.68. The number of hydrogen-bond acceptors (Lipinski definition) is 1. The van der Waals surface area contributed by atoms with Crippen molar-refractivity contribution in [2.24, 2.45) is 0 Å². The largest absolute Gasteiger partial charge is 0.385 e. The Labute approximate surface area is 117 Å². The Bertz CT molecular complexity index is 477. The van der Waals surface area contributed by atoms with Gasteiger partial charge in [-0.2, -0.15) is 0 Å². The lowest BCUT2D eigenvalue weighted by molar-refractivity contribution is 0.823. The van der Waals surface area contributed by atoms with Crippen LogP contribution in [0.1, 0.15) is 43.9 Å². The predicted octanol–water partition coefficient (Wildman–Crippen LogP) is 4.28. The Morgan fingerprint density at radius 2 is 1.79 bits per heavy atom. The Kier molecular flexibility index (Phi) is 3.32. The minimum absolute atomic E-state index is 1.10. The van der Waals surface area contributed by atoms with Crippen LogP contribution in [0, 0.1) is 37.0 Å². The van der Waals surface area contributed by atoms with Gasteiger partial charge in [0.25, 0.3) is 0 Å². The monoisotopic (exact) mass is 252 g/mol. The normalized spacial score (nSPS) is 22.5. The predicted molar refractivity (Wildman–Crippen MR) is 81.4 cm³/mol. The fourth-order valence-corrected chi connectivity index (χ4v) is 3.37. The van der Waals surface area contributed by atoms with E-state index in [0.29, 0.717) is 0 Å². The summed E-state index contributed by atoms with van der Waals surface area (Å²) in [5.74, 6) is 5.67. The van der Waals surface area contributed by atoms with Crippen molar-refractivity contribution in [3.8, 4) is 0 Å². The van der Waals surface area contributed by atoms with Crippen molar-refractivity contribution in [3.05, 3.63) is 58.9 Å². The van der Waals surface area contributed by atoms with E-state index in [9.17, 15) is 0 Å². The molecule has 0 bridgehead atoms. The SMILES string of the molecule is C[C]1[CH][C](C)[C](c2cc(C)cc3c2NCCC3)[C]1C. The maximum absolute atomic E-state index is 3.62. The summed E-state index contributed by atoms with van der Waals surface area (Å²) in [4.78, 5) is 0. The van der Waals surface area contributed by atoms with Crippen LogP contribution in [0.5, 0.6) is 0 Å². The lowest BCUT2D eigenvalue weighted by Crippen LogP contribution is -2.18. The first-order valence-electron chi connectivity index (χ1n) is 7.19. The van der Waals surface area contributed by atoms with Crippen LogP contribution in [0.25, 0.3) is 0 Å². The standard InChI is InChI=1S/C18H22N/c1-11-8-15-6-5-7-19-18(15)16(9-11)17-13(3)10-12(2)14(17)4/h8-10,19H,5-7H2,1-4H3. The molecule has 0 spiro atoms. The molecule has 1 heteroatoms. The van der Waals surface area contributed by atoms with Gasteiger partial charge < -0.3 is 5.32 Å². The molecule has 0 atom stereocenters. The zero-order valence-corrected chi connectivity index (χ0v) is 12.4. The molecule has 1 aromatic rings. The highest BCUT2D eigenvalue weighted by molar-refractivity contribution is 5.73. The van der Waals surface area contributed by atoms with Gasteiger partial charge in [0.2, 0.25) is 0 Å². The van der Waals surface area contributed by atoms with Gasteiger partial charge in [0.1, 0.15) is 0 Å². The third-order valence-corrected chi connectivity index (χ3v) is 4.35. The van der Waals surface area contributed by atoms with E-state index in [1.807, 2.05) is 0 Å². The molecule has 19 heavy (non-hydrogen) atoms. The van der Waals surface area contributed by atoms with Crippen molar-refractivity contribution in [1.29, 1.82) is 0 Å². The first kappa shape index (κ1) is 13.0. The molecule has 0 aromatic heterocycles. The molecule has 0 unspecified atom stereocenters. The third-order valence-electron chi connectivity index (χ3n) is 4.35. The number of benzene rings is 1. The lowest BCUT2D eigenvalue weighted by atomic mass is 9.80. The minimum atomic E-state index is 1.10. The summed E-state index contributed by atoms with van der Waals surface area (Å²) in [6.07, 6.45) is 4.75.